The SMILES string of the molecule is COc1nccnc1N[C@H]1CCN(C(=O)O)C1. The third-order valence-electron chi connectivity index (χ3n) is 2.66. The molecule has 0 unspecified atom stereocenters. The molecule has 1 aromatic rings. The Hall–Kier alpha value is -2.05. The van der Waals surface area contributed by atoms with E-state index in [0.717, 1.165) is 6.42 Å². The molecule has 2 heterocycles. The highest BCUT2D eigenvalue weighted by Gasteiger charge is 2.26. The van der Waals surface area contributed by atoms with E-state index in [4.69, 9.17) is 9.84 Å². The minimum absolute atomic E-state index is 0.0525. The van der Waals surface area contributed by atoms with Gasteiger partial charge in [0.2, 0.25) is 0 Å². The number of anilines is 1. The van der Waals surface area contributed by atoms with Crippen LogP contribution in [0, 0.1) is 0 Å². The fourth-order valence-electron chi connectivity index (χ4n) is 1.82. The van der Waals surface area contributed by atoms with E-state index in [1.807, 2.05) is 0 Å². The molecule has 1 saturated heterocycles. The van der Waals surface area contributed by atoms with E-state index in [2.05, 4.69) is 15.3 Å². The standard InChI is InChI=1S/C10H14N4O3/c1-17-9-8(11-3-4-12-9)13-7-2-5-14(6-7)10(15)16/h3-4,7H,2,5-6H2,1H3,(H,11,13)(H,15,16)/t7-/m0/s1. The van der Waals surface area contributed by atoms with Gasteiger partial charge in [0.15, 0.2) is 5.82 Å². The van der Waals surface area contributed by atoms with Crippen molar-refractivity contribution in [2.45, 2.75) is 12.5 Å². The third kappa shape index (κ3) is 2.55. The number of methoxy groups -OCH3 is 1. The van der Waals surface area contributed by atoms with Crippen LogP contribution in [0.5, 0.6) is 5.88 Å². The molecule has 1 fully saturated rings. The zero-order chi connectivity index (χ0) is 12.3. The molecule has 2 N–H and O–H groups in total. The van der Waals surface area contributed by atoms with E-state index < -0.39 is 6.09 Å². The molecule has 0 radical (unpaired) electrons. The van der Waals surface area contributed by atoms with E-state index in [1.165, 1.54) is 12.0 Å². The number of ether oxygens (including phenoxy) is 1. The zero-order valence-electron chi connectivity index (χ0n) is 9.46. The predicted molar refractivity (Wildman–Crippen MR) is 60.2 cm³/mol. The lowest BCUT2D eigenvalue weighted by molar-refractivity contribution is 0.155. The van der Waals surface area contributed by atoms with Crippen LogP contribution in [-0.2, 0) is 0 Å². The molecule has 0 aromatic carbocycles. The molecule has 0 bridgehead atoms. The third-order valence-corrected chi connectivity index (χ3v) is 2.66. The first-order valence-corrected chi connectivity index (χ1v) is 5.30. The van der Waals surface area contributed by atoms with E-state index in [-0.39, 0.29) is 6.04 Å². The van der Waals surface area contributed by atoms with Gasteiger partial charge in [-0.3, -0.25) is 0 Å². The molecule has 7 heteroatoms. The lowest BCUT2D eigenvalue weighted by Crippen LogP contribution is -2.30. The molecule has 7 nitrogen and oxygen atoms in total. The van der Waals surface area contributed by atoms with Crippen LogP contribution in [0.4, 0.5) is 10.6 Å². The normalized spacial score (nSPS) is 19.1. The fraction of sp³-hybridized carbons (Fsp3) is 0.500. The predicted octanol–water partition coefficient (Wildman–Crippen LogP) is 0.649. The molecule has 0 saturated carbocycles. The van der Waals surface area contributed by atoms with Crippen molar-refractivity contribution in [3.63, 3.8) is 0 Å². The smallest absolute Gasteiger partial charge is 0.407 e. The van der Waals surface area contributed by atoms with Crippen molar-refractivity contribution < 1.29 is 14.6 Å². The number of amides is 1. The number of carbonyl (C=O) groups is 1. The highest BCUT2D eigenvalue weighted by molar-refractivity contribution is 5.65. The van der Waals surface area contributed by atoms with Crippen LogP contribution in [-0.4, -0.2) is 52.3 Å². The van der Waals surface area contributed by atoms with Gasteiger partial charge in [0.05, 0.1) is 7.11 Å². The van der Waals surface area contributed by atoms with Gasteiger partial charge in [0, 0.05) is 31.5 Å². The highest BCUT2D eigenvalue weighted by atomic mass is 16.5. The number of nitrogens with one attached hydrogen (secondary N) is 1. The summed E-state index contributed by atoms with van der Waals surface area (Å²) in [5.74, 6) is 0.966. The van der Waals surface area contributed by atoms with E-state index >= 15 is 0 Å². The van der Waals surface area contributed by atoms with Crippen LogP contribution in [0.25, 0.3) is 0 Å². The molecule has 1 aliphatic rings. The van der Waals surface area contributed by atoms with Crippen LogP contribution in [0.15, 0.2) is 12.4 Å². The van der Waals surface area contributed by atoms with E-state index in [9.17, 15) is 4.79 Å². The van der Waals surface area contributed by atoms with Crippen LogP contribution in [0.1, 0.15) is 6.42 Å². The van der Waals surface area contributed by atoms with Crippen molar-refractivity contribution in [1.29, 1.82) is 0 Å². The van der Waals surface area contributed by atoms with Crippen molar-refractivity contribution >= 4 is 11.9 Å². The van der Waals surface area contributed by atoms with Crippen LogP contribution >= 0.6 is 0 Å². The largest absolute Gasteiger partial charge is 0.478 e. The molecule has 1 amide bonds. The number of aromatic nitrogens is 2. The minimum atomic E-state index is -0.889. The topological polar surface area (TPSA) is 87.6 Å². The monoisotopic (exact) mass is 238 g/mol. The first kappa shape index (κ1) is 11.4. The number of likely N-dealkylation sites (tertiary alicyclic amines) is 1. The second-order valence-corrected chi connectivity index (χ2v) is 3.77. The summed E-state index contributed by atoms with van der Waals surface area (Å²) >= 11 is 0. The Bertz CT molecular complexity index is 412. The summed E-state index contributed by atoms with van der Waals surface area (Å²) < 4.78 is 5.06. The maximum absolute atomic E-state index is 10.8. The first-order valence-electron chi connectivity index (χ1n) is 5.30. The lowest BCUT2D eigenvalue weighted by atomic mass is 10.2. The Morgan fingerprint density at radius 3 is 3.00 bits per heavy atom. The molecule has 1 aromatic heterocycles. The Balaban J connectivity index is 2.00. The Kier molecular flexibility index (Phi) is 3.27. The average Bonchev–Trinajstić information content (AvgIpc) is 2.78. The summed E-state index contributed by atoms with van der Waals surface area (Å²) in [4.78, 5) is 20.3. The van der Waals surface area contributed by atoms with E-state index in [1.54, 1.807) is 12.4 Å². The van der Waals surface area contributed by atoms with Gasteiger partial charge in [-0.1, -0.05) is 0 Å². The number of nitrogens with zero attached hydrogens (tertiary/aromatic N) is 3. The van der Waals surface area contributed by atoms with Gasteiger partial charge in [-0.25, -0.2) is 14.8 Å². The van der Waals surface area contributed by atoms with Crippen molar-refractivity contribution in [2.75, 3.05) is 25.5 Å². The Labute approximate surface area is 98.4 Å². The molecule has 92 valence electrons. The molecular weight excluding hydrogens is 224 g/mol. The second kappa shape index (κ2) is 4.86. The maximum Gasteiger partial charge on any atom is 0.407 e. The Morgan fingerprint density at radius 2 is 2.35 bits per heavy atom. The molecular formula is C10H14N4O3. The van der Waals surface area contributed by atoms with Gasteiger partial charge in [-0.15, -0.1) is 0 Å². The fourth-order valence-corrected chi connectivity index (χ4v) is 1.82. The first-order chi connectivity index (χ1) is 8.20. The number of carboxylic acid groups (broad SMARTS) is 1. The van der Waals surface area contributed by atoms with Crippen molar-refractivity contribution in [3.8, 4) is 5.88 Å². The van der Waals surface area contributed by atoms with Gasteiger partial charge in [0.25, 0.3) is 5.88 Å². The molecule has 0 aliphatic carbocycles. The van der Waals surface area contributed by atoms with Gasteiger partial charge in [-0.05, 0) is 6.42 Å². The lowest BCUT2D eigenvalue weighted by Gasteiger charge is -2.15. The van der Waals surface area contributed by atoms with Crippen LogP contribution in [0.3, 0.4) is 0 Å². The summed E-state index contributed by atoms with van der Waals surface area (Å²) in [6, 6.07) is 0.0525. The van der Waals surface area contributed by atoms with Crippen molar-refractivity contribution in [3.05, 3.63) is 12.4 Å². The molecule has 1 aliphatic heterocycles. The summed E-state index contributed by atoms with van der Waals surface area (Å²) in [5.41, 5.74) is 0. The zero-order valence-corrected chi connectivity index (χ0v) is 9.46. The summed E-state index contributed by atoms with van der Waals surface area (Å²) in [7, 11) is 1.52. The van der Waals surface area contributed by atoms with Gasteiger partial charge >= 0.3 is 6.09 Å². The summed E-state index contributed by atoms with van der Waals surface area (Å²) in [5, 5.41) is 12.0. The highest BCUT2D eigenvalue weighted by Crippen LogP contribution is 2.20. The molecule has 2 rings (SSSR count). The average molecular weight is 238 g/mol. The Morgan fingerprint density at radius 1 is 1.59 bits per heavy atom. The van der Waals surface area contributed by atoms with E-state index in [0.29, 0.717) is 24.8 Å². The second-order valence-electron chi connectivity index (χ2n) is 3.77. The van der Waals surface area contributed by atoms with Gasteiger partial charge < -0.3 is 20.1 Å². The van der Waals surface area contributed by atoms with Gasteiger partial charge in [0.1, 0.15) is 0 Å². The number of hydrogen-bond acceptors (Lipinski definition) is 5. The maximum atomic E-state index is 10.8. The van der Waals surface area contributed by atoms with Crippen molar-refractivity contribution in [2.24, 2.45) is 0 Å². The number of hydrogen-bond donors (Lipinski definition) is 2. The minimum Gasteiger partial charge on any atom is -0.478 e. The molecule has 0 spiro atoms. The molecule has 17 heavy (non-hydrogen) atoms. The van der Waals surface area contributed by atoms with Crippen molar-refractivity contribution in [1.82, 2.24) is 14.9 Å². The van der Waals surface area contributed by atoms with Crippen LogP contribution in [0.2, 0.25) is 0 Å². The quantitative estimate of drug-likeness (QED) is 0.803. The number of rotatable bonds is 3. The summed E-state index contributed by atoms with van der Waals surface area (Å²) in [6.45, 7) is 0.991. The van der Waals surface area contributed by atoms with Crippen LogP contribution < -0.4 is 10.1 Å². The molecule has 1 atom stereocenters. The summed E-state index contributed by atoms with van der Waals surface area (Å²) in [6.07, 6.45) is 2.98. The van der Waals surface area contributed by atoms with Gasteiger partial charge in [-0.2, -0.15) is 0 Å².